The van der Waals surface area contributed by atoms with Gasteiger partial charge < -0.3 is 4.74 Å². The molecule has 0 spiro atoms. The molecule has 0 atom stereocenters. The second-order valence-electron chi connectivity index (χ2n) is 2.44. The Labute approximate surface area is 83.1 Å². The summed E-state index contributed by atoms with van der Waals surface area (Å²) in [6, 6.07) is 8.75. The lowest BCUT2D eigenvalue weighted by molar-refractivity contribution is -0.134. The number of ether oxygens (including phenoxy) is 1. The van der Waals surface area contributed by atoms with E-state index in [0.29, 0.717) is 5.75 Å². The summed E-state index contributed by atoms with van der Waals surface area (Å²) in [5.41, 5.74) is 0. The number of carbonyl (C=O) groups excluding carboxylic acids is 1. The van der Waals surface area contributed by atoms with Gasteiger partial charge >= 0.3 is 14.7 Å². The van der Waals surface area contributed by atoms with E-state index < -0.39 is 14.7 Å². The second kappa shape index (κ2) is 6.24. The first-order valence-electron chi connectivity index (χ1n) is 4.03. The molecule has 0 unspecified atom stereocenters. The van der Waals surface area contributed by atoms with Crippen molar-refractivity contribution in [1.29, 1.82) is 0 Å². The summed E-state index contributed by atoms with van der Waals surface area (Å²) < 4.78 is 19.3. The fourth-order valence-corrected chi connectivity index (χ4v) is 1.00. The van der Waals surface area contributed by atoms with E-state index in [0.717, 1.165) is 0 Å². The van der Waals surface area contributed by atoms with Crippen LogP contribution in [-0.4, -0.2) is 12.6 Å². The van der Waals surface area contributed by atoms with E-state index in [1.54, 1.807) is 24.3 Å². The smallest absolute Gasteiger partial charge is 0.327 e. The predicted molar refractivity (Wildman–Crippen MR) is 50.3 cm³/mol. The fourth-order valence-electron chi connectivity index (χ4n) is 0.837. The highest BCUT2D eigenvalue weighted by molar-refractivity contribution is 7.17. The molecule has 4 nitrogen and oxygen atoms in total. The molecular formula is C9H9O4P. The van der Waals surface area contributed by atoms with E-state index in [-0.39, 0.29) is 13.0 Å². The Morgan fingerprint density at radius 3 is 2.64 bits per heavy atom. The Morgan fingerprint density at radius 2 is 2.00 bits per heavy atom. The van der Waals surface area contributed by atoms with Crippen molar-refractivity contribution < 1.29 is 18.6 Å². The molecule has 0 aromatic heterocycles. The van der Waals surface area contributed by atoms with Gasteiger partial charge in [0, 0.05) is 0 Å². The van der Waals surface area contributed by atoms with Gasteiger partial charge in [0.1, 0.15) is 5.75 Å². The minimum absolute atomic E-state index is 0.0874. The Hall–Kier alpha value is -1.25. The van der Waals surface area contributed by atoms with E-state index in [1.165, 1.54) is 0 Å². The predicted octanol–water partition coefficient (Wildman–Crippen LogP) is 2.21. The Balaban J connectivity index is 2.31. The van der Waals surface area contributed by atoms with E-state index in [4.69, 9.17) is 4.74 Å². The van der Waals surface area contributed by atoms with E-state index in [9.17, 15) is 9.36 Å². The standard InChI is InChI=1S/C9H9O4P/c10-9(6-7-12-14-11)13-8-4-2-1-3-5-8/h1-5H,6-7H2. The molecule has 0 N–H and O–H groups in total. The van der Waals surface area contributed by atoms with Crippen molar-refractivity contribution in [2.24, 2.45) is 0 Å². The molecule has 0 amide bonds. The van der Waals surface area contributed by atoms with Gasteiger partial charge in [0.15, 0.2) is 0 Å². The fraction of sp³-hybridized carbons (Fsp3) is 0.222. The van der Waals surface area contributed by atoms with Gasteiger partial charge in [-0.15, -0.1) is 0 Å². The van der Waals surface area contributed by atoms with Gasteiger partial charge in [0.25, 0.3) is 0 Å². The van der Waals surface area contributed by atoms with Crippen molar-refractivity contribution in [2.75, 3.05) is 6.61 Å². The van der Waals surface area contributed by atoms with E-state index in [1.807, 2.05) is 6.07 Å². The van der Waals surface area contributed by atoms with Gasteiger partial charge in [-0.2, -0.15) is 0 Å². The van der Waals surface area contributed by atoms with Crippen LogP contribution in [0.3, 0.4) is 0 Å². The molecule has 1 aromatic rings. The molecular weight excluding hydrogens is 203 g/mol. The number of esters is 1. The van der Waals surface area contributed by atoms with Crippen LogP contribution in [0.25, 0.3) is 0 Å². The summed E-state index contributed by atoms with van der Waals surface area (Å²) in [7, 11) is -0.420. The van der Waals surface area contributed by atoms with E-state index in [2.05, 4.69) is 4.52 Å². The van der Waals surface area contributed by atoms with Crippen LogP contribution in [0, 0.1) is 0 Å². The van der Waals surface area contributed by atoms with Gasteiger partial charge in [0.2, 0.25) is 0 Å². The van der Waals surface area contributed by atoms with Crippen LogP contribution in [0.2, 0.25) is 0 Å². The van der Waals surface area contributed by atoms with Crippen molar-refractivity contribution >= 4 is 14.7 Å². The third-order valence-corrected chi connectivity index (χ3v) is 1.71. The number of hydrogen-bond acceptors (Lipinski definition) is 4. The molecule has 0 saturated heterocycles. The number of carbonyl (C=O) groups is 1. The third kappa shape index (κ3) is 4.12. The van der Waals surface area contributed by atoms with Gasteiger partial charge in [-0.1, -0.05) is 18.2 Å². The molecule has 0 fully saturated rings. The van der Waals surface area contributed by atoms with Crippen molar-refractivity contribution in [3.8, 4) is 5.75 Å². The maximum Gasteiger partial charge on any atom is 0.327 e. The Morgan fingerprint density at radius 1 is 1.29 bits per heavy atom. The highest BCUT2D eigenvalue weighted by Crippen LogP contribution is 2.09. The SMILES string of the molecule is O=POCCC(=O)Oc1ccccc1. The quantitative estimate of drug-likeness (QED) is 0.325. The van der Waals surface area contributed by atoms with Crippen LogP contribution >= 0.6 is 8.69 Å². The molecule has 1 rings (SSSR count). The zero-order chi connectivity index (χ0) is 10.2. The second-order valence-corrected chi connectivity index (χ2v) is 2.85. The van der Waals surface area contributed by atoms with E-state index >= 15 is 0 Å². The molecule has 0 radical (unpaired) electrons. The zero-order valence-electron chi connectivity index (χ0n) is 7.38. The zero-order valence-corrected chi connectivity index (χ0v) is 8.28. The van der Waals surface area contributed by atoms with Crippen LogP contribution < -0.4 is 4.74 Å². The van der Waals surface area contributed by atoms with Crippen molar-refractivity contribution in [1.82, 2.24) is 0 Å². The number of benzene rings is 1. The number of para-hydroxylation sites is 1. The molecule has 0 bridgehead atoms. The first-order chi connectivity index (χ1) is 6.83. The topological polar surface area (TPSA) is 52.6 Å². The lowest BCUT2D eigenvalue weighted by Crippen LogP contribution is -2.09. The minimum Gasteiger partial charge on any atom is -0.426 e. The van der Waals surface area contributed by atoms with Crippen LogP contribution in [0.4, 0.5) is 0 Å². The molecule has 1 aromatic carbocycles. The summed E-state index contributed by atoms with van der Waals surface area (Å²) in [4.78, 5) is 11.1. The first-order valence-corrected chi connectivity index (χ1v) is 4.76. The third-order valence-electron chi connectivity index (χ3n) is 1.43. The van der Waals surface area contributed by atoms with Crippen LogP contribution in [0.1, 0.15) is 6.42 Å². The molecule has 0 aliphatic heterocycles. The largest absolute Gasteiger partial charge is 0.426 e. The molecule has 0 heterocycles. The van der Waals surface area contributed by atoms with Crippen molar-refractivity contribution in [3.63, 3.8) is 0 Å². The summed E-state index contributed by atoms with van der Waals surface area (Å²) in [6.45, 7) is 0.0940. The maximum absolute atomic E-state index is 11.1. The minimum atomic E-state index is -0.420. The summed E-state index contributed by atoms with van der Waals surface area (Å²) in [5, 5.41) is 0. The monoisotopic (exact) mass is 212 g/mol. The van der Waals surface area contributed by atoms with Crippen molar-refractivity contribution in [2.45, 2.75) is 6.42 Å². The molecule has 14 heavy (non-hydrogen) atoms. The molecule has 0 saturated carbocycles. The molecule has 5 heteroatoms. The molecule has 74 valence electrons. The Kier molecular flexibility index (Phi) is 4.83. The van der Waals surface area contributed by atoms with Gasteiger partial charge in [-0.25, -0.2) is 4.57 Å². The average molecular weight is 212 g/mol. The highest BCUT2D eigenvalue weighted by Gasteiger charge is 2.03. The van der Waals surface area contributed by atoms with Gasteiger partial charge in [-0.3, -0.25) is 9.32 Å². The highest BCUT2D eigenvalue weighted by atomic mass is 31.1. The van der Waals surface area contributed by atoms with Gasteiger partial charge in [0.05, 0.1) is 13.0 Å². The number of rotatable bonds is 5. The molecule has 0 aliphatic rings. The average Bonchev–Trinajstić information content (AvgIpc) is 2.20. The molecule has 0 aliphatic carbocycles. The lowest BCUT2D eigenvalue weighted by atomic mass is 10.3. The lowest BCUT2D eigenvalue weighted by Gasteiger charge is -2.01. The van der Waals surface area contributed by atoms with Crippen molar-refractivity contribution in [3.05, 3.63) is 30.3 Å². The van der Waals surface area contributed by atoms with Crippen LogP contribution in [0.15, 0.2) is 30.3 Å². The normalized spacial score (nSPS) is 10.0. The van der Waals surface area contributed by atoms with Crippen LogP contribution in [0.5, 0.6) is 5.75 Å². The maximum atomic E-state index is 11.1. The summed E-state index contributed by atoms with van der Waals surface area (Å²) in [5.74, 6) is 0.0945. The Bertz CT molecular complexity index is 299. The number of hydrogen-bond donors (Lipinski definition) is 0. The van der Waals surface area contributed by atoms with Gasteiger partial charge in [-0.05, 0) is 12.1 Å². The first kappa shape index (κ1) is 10.8. The van der Waals surface area contributed by atoms with Crippen LogP contribution in [-0.2, 0) is 13.9 Å². The summed E-state index contributed by atoms with van der Waals surface area (Å²) >= 11 is 0. The summed E-state index contributed by atoms with van der Waals surface area (Å²) in [6.07, 6.45) is 0.0874.